The van der Waals surface area contributed by atoms with Gasteiger partial charge in [-0.2, -0.15) is 0 Å². The van der Waals surface area contributed by atoms with Gasteiger partial charge in [0.1, 0.15) is 11.5 Å². The van der Waals surface area contributed by atoms with Crippen LogP contribution in [0.3, 0.4) is 0 Å². The van der Waals surface area contributed by atoms with Crippen molar-refractivity contribution in [2.75, 3.05) is 52.6 Å². The average molecular weight is 505 g/mol. The molecule has 0 unspecified atom stereocenters. The van der Waals surface area contributed by atoms with Crippen LogP contribution in [0, 0.1) is 6.92 Å². The van der Waals surface area contributed by atoms with Gasteiger partial charge in [-0.15, -0.1) is 11.8 Å². The van der Waals surface area contributed by atoms with Crippen LogP contribution < -0.4 is 9.88 Å². The molecular formula is C25H36N4O3S2. The van der Waals surface area contributed by atoms with Crippen LogP contribution in [0.25, 0.3) is 0 Å². The molecule has 0 amide bonds. The number of piperidine rings is 1. The summed E-state index contributed by atoms with van der Waals surface area (Å²) in [7, 11) is -1.59. The molecule has 2 fully saturated rings. The average Bonchev–Trinajstić information content (AvgIpc) is 2.81. The molecule has 2 aliphatic rings. The number of sulfonamides is 1. The molecule has 0 aromatic heterocycles. The van der Waals surface area contributed by atoms with E-state index in [9.17, 15) is 8.42 Å². The van der Waals surface area contributed by atoms with Gasteiger partial charge < -0.3 is 9.64 Å². The molecule has 7 nitrogen and oxygen atoms in total. The van der Waals surface area contributed by atoms with Crippen LogP contribution in [0.1, 0.15) is 24.0 Å². The lowest BCUT2D eigenvalue weighted by Crippen LogP contribution is -2.52. The lowest BCUT2D eigenvalue weighted by Gasteiger charge is -2.42. The monoisotopic (exact) mass is 504 g/mol. The zero-order valence-corrected chi connectivity index (χ0v) is 22.0. The van der Waals surface area contributed by atoms with Gasteiger partial charge in [-0.05, 0) is 88.1 Å². The van der Waals surface area contributed by atoms with Crippen molar-refractivity contribution in [1.82, 2.24) is 14.7 Å². The molecule has 0 saturated carbocycles. The highest BCUT2D eigenvalue weighted by Crippen LogP contribution is 2.32. The highest BCUT2D eigenvalue weighted by molar-refractivity contribution is 7.98. The summed E-state index contributed by atoms with van der Waals surface area (Å²) in [5.41, 5.74) is 1.99. The van der Waals surface area contributed by atoms with Crippen LogP contribution in [0.4, 0.5) is 0 Å². The molecule has 0 bridgehead atoms. The minimum atomic E-state index is -3.79. The van der Waals surface area contributed by atoms with Gasteiger partial charge in [0, 0.05) is 49.2 Å². The summed E-state index contributed by atoms with van der Waals surface area (Å²) in [6, 6.07) is 11.6. The molecule has 34 heavy (non-hydrogen) atoms. The van der Waals surface area contributed by atoms with Crippen LogP contribution in [0.15, 0.2) is 46.2 Å². The first kappa shape index (κ1) is 25.5. The van der Waals surface area contributed by atoms with Crippen LogP contribution in [0.5, 0.6) is 11.5 Å². The number of primary sulfonamides is 1. The lowest BCUT2D eigenvalue weighted by atomic mass is 10.0. The maximum Gasteiger partial charge on any atom is 0.238 e. The van der Waals surface area contributed by atoms with Gasteiger partial charge in [0.15, 0.2) is 0 Å². The van der Waals surface area contributed by atoms with Crippen molar-refractivity contribution in [3.05, 3.63) is 47.5 Å². The number of benzene rings is 2. The third-order valence-electron chi connectivity index (χ3n) is 6.96. The molecule has 0 spiro atoms. The van der Waals surface area contributed by atoms with Gasteiger partial charge in [-0.1, -0.05) is 0 Å². The van der Waals surface area contributed by atoms with E-state index in [1.165, 1.54) is 36.9 Å². The Kier molecular flexibility index (Phi) is 8.22. The number of aryl methyl sites for hydroxylation is 1. The number of likely N-dealkylation sites (tertiary alicyclic amines) is 1. The Balaban J connectivity index is 1.48. The molecule has 2 saturated heterocycles. The summed E-state index contributed by atoms with van der Waals surface area (Å²) in [4.78, 5) is 8.73. The molecule has 9 heteroatoms. The SMILES string of the molecule is CSc1ccc(Oc2ccc(S(N)(=O)=O)cc2CN2CCN(C3CCN(C)CC3)CC2)cc1C. The largest absolute Gasteiger partial charge is 0.457 e. The number of nitrogens with two attached hydrogens (primary N) is 1. The number of piperazine rings is 1. The van der Waals surface area contributed by atoms with E-state index in [0.717, 1.165) is 43.1 Å². The van der Waals surface area contributed by atoms with E-state index in [-0.39, 0.29) is 4.90 Å². The maximum absolute atomic E-state index is 12.0. The molecule has 2 aliphatic heterocycles. The Morgan fingerprint density at radius 2 is 1.74 bits per heavy atom. The molecule has 2 aromatic carbocycles. The summed E-state index contributed by atoms with van der Waals surface area (Å²) in [6.45, 7) is 9.01. The fraction of sp³-hybridized carbons (Fsp3) is 0.520. The standard InChI is InChI=1S/C25H36N4O3S2/c1-19-16-22(4-7-25(19)33-3)32-24-6-5-23(34(26,30)31)17-20(24)18-28-12-14-29(15-13-28)21-8-10-27(2)11-9-21/h4-7,16-17,21H,8-15,18H2,1-3H3,(H2,26,30,31). The molecule has 2 heterocycles. The second kappa shape index (κ2) is 11.0. The number of ether oxygens (including phenoxy) is 1. The minimum Gasteiger partial charge on any atom is -0.457 e. The van der Waals surface area contributed by atoms with Crippen molar-refractivity contribution in [1.29, 1.82) is 0 Å². The first-order valence-electron chi connectivity index (χ1n) is 11.9. The number of hydrogen-bond donors (Lipinski definition) is 1. The Labute approximate surface area is 208 Å². The van der Waals surface area contributed by atoms with E-state index < -0.39 is 10.0 Å². The number of rotatable bonds is 7. The van der Waals surface area contributed by atoms with Crippen molar-refractivity contribution in [3.63, 3.8) is 0 Å². The van der Waals surface area contributed by atoms with Crippen LogP contribution >= 0.6 is 11.8 Å². The summed E-state index contributed by atoms with van der Waals surface area (Å²) in [5.74, 6) is 1.41. The zero-order valence-electron chi connectivity index (χ0n) is 20.4. The maximum atomic E-state index is 12.0. The first-order chi connectivity index (χ1) is 16.2. The van der Waals surface area contributed by atoms with E-state index in [0.29, 0.717) is 18.3 Å². The molecule has 2 aromatic rings. The first-order valence-corrected chi connectivity index (χ1v) is 14.6. The van der Waals surface area contributed by atoms with Crippen molar-refractivity contribution < 1.29 is 13.2 Å². The van der Waals surface area contributed by atoms with Gasteiger partial charge in [-0.3, -0.25) is 9.80 Å². The van der Waals surface area contributed by atoms with Crippen molar-refractivity contribution in [2.45, 2.75) is 42.1 Å². The van der Waals surface area contributed by atoms with E-state index in [1.807, 2.05) is 12.1 Å². The molecule has 2 N–H and O–H groups in total. The minimum absolute atomic E-state index is 0.119. The Hall–Kier alpha value is -1.62. The predicted molar refractivity (Wildman–Crippen MR) is 138 cm³/mol. The van der Waals surface area contributed by atoms with Crippen molar-refractivity contribution >= 4 is 21.8 Å². The fourth-order valence-corrected chi connectivity index (χ4v) is 6.03. The van der Waals surface area contributed by atoms with Gasteiger partial charge >= 0.3 is 0 Å². The molecule has 186 valence electrons. The summed E-state index contributed by atoms with van der Waals surface area (Å²) in [5, 5.41) is 5.43. The number of thioether (sulfide) groups is 1. The predicted octanol–water partition coefficient (Wildman–Crippen LogP) is 3.37. The van der Waals surface area contributed by atoms with Crippen LogP contribution in [-0.4, -0.2) is 81.7 Å². The van der Waals surface area contributed by atoms with Gasteiger partial charge in [-0.25, -0.2) is 13.6 Å². The quantitative estimate of drug-likeness (QED) is 0.579. The van der Waals surface area contributed by atoms with Crippen LogP contribution in [-0.2, 0) is 16.6 Å². The van der Waals surface area contributed by atoms with Crippen LogP contribution in [0.2, 0.25) is 0 Å². The summed E-state index contributed by atoms with van der Waals surface area (Å²) < 4.78 is 30.3. The lowest BCUT2D eigenvalue weighted by molar-refractivity contribution is 0.0616. The van der Waals surface area contributed by atoms with Gasteiger partial charge in [0.05, 0.1) is 4.90 Å². The van der Waals surface area contributed by atoms with E-state index in [1.54, 1.807) is 23.9 Å². The fourth-order valence-electron chi connectivity index (χ4n) is 4.88. The van der Waals surface area contributed by atoms with E-state index in [4.69, 9.17) is 9.88 Å². The summed E-state index contributed by atoms with van der Waals surface area (Å²) >= 11 is 1.70. The number of nitrogens with zero attached hydrogens (tertiary/aromatic N) is 3. The highest BCUT2D eigenvalue weighted by atomic mass is 32.2. The third-order valence-corrected chi connectivity index (χ3v) is 8.77. The smallest absolute Gasteiger partial charge is 0.238 e. The molecule has 0 radical (unpaired) electrons. The second-order valence-electron chi connectivity index (χ2n) is 9.39. The molecule has 4 rings (SSSR count). The van der Waals surface area contributed by atoms with Gasteiger partial charge in [0.25, 0.3) is 0 Å². The zero-order chi connectivity index (χ0) is 24.3. The third kappa shape index (κ3) is 6.33. The molecule has 0 aliphatic carbocycles. The Bertz CT molecular complexity index is 1090. The number of hydrogen-bond acceptors (Lipinski definition) is 7. The Morgan fingerprint density at radius 1 is 1.03 bits per heavy atom. The van der Waals surface area contributed by atoms with Gasteiger partial charge in [0.2, 0.25) is 10.0 Å². The van der Waals surface area contributed by atoms with E-state index >= 15 is 0 Å². The normalized spacial score (nSPS) is 19.4. The molecular weight excluding hydrogens is 468 g/mol. The molecule has 0 atom stereocenters. The highest BCUT2D eigenvalue weighted by Gasteiger charge is 2.27. The topological polar surface area (TPSA) is 79.1 Å². The van der Waals surface area contributed by atoms with E-state index in [2.05, 4.69) is 41.0 Å². The Morgan fingerprint density at radius 3 is 2.35 bits per heavy atom. The summed E-state index contributed by atoms with van der Waals surface area (Å²) in [6.07, 6.45) is 4.53. The van der Waals surface area contributed by atoms with Crippen molar-refractivity contribution in [3.8, 4) is 11.5 Å². The van der Waals surface area contributed by atoms with Crippen molar-refractivity contribution in [2.24, 2.45) is 5.14 Å². The second-order valence-corrected chi connectivity index (χ2v) is 11.8.